The van der Waals surface area contributed by atoms with Gasteiger partial charge in [0.1, 0.15) is 31.4 Å². The third-order valence-corrected chi connectivity index (χ3v) is 12.5. The van der Waals surface area contributed by atoms with Crippen LogP contribution < -0.4 is 0 Å². The minimum absolute atomic E-state index is 0. The van der Waals surface area contributed by atoms with E-state index in [0.717, 1.165) is 36.1 Å². The van der Waals surface area contributed by atoms with Gasteiger partial charge in [-0.1, -0.05) is 130 Å². The van der Waals surface area contributed by atoms with Crippen LogP contribution in [0.3, 0.4) is 0 Å². The second kappa shape index (κ2) is 34.8. The predicted octanol–water partition coefficient (Wildman–Crippen LogP) is 11.9. The molecule has 2 aromatic rings. The first-order valence-electron chi connectivity index (χ1n) is 23.2. The van der Waals surface area contributed by atoms with Crippen molar-refractivity contribution in [1.82, 2.24) is 4.90 Å². The number of carbonyl (C=O) groups is 6. The van der Waals surface area contributed by atoms with E-state index < -0.39 is 32.9 Å². The molecule has 11 nitrogen and oxygen atoms in total. The maximum absolute atomic E-state index is 12.7. The van der Waals surface area contributed by atoms with Crippen LogP contribution in [0, 0.1) is 21.7 Å². The zero-order valence-corrected chi connectivity index (χ0v) is 43.4. The topological polar surface area (TPSA) is 154 Å². The van der Waals surface area contributed by atoms with Gasteiger partial charge in [-0.05, 0) is 140 Å². The summed E-state index contributed by atoms with van der Waals surface area (Å²) in [6.45, 7) is 35.1. The Balaban J connectivity index is -0.000000975. The van der Waals surface area contributed by atoms with Crippen LogP contribution in [0.4, 0.5) is 0 Å². The molecule has 0 fully saturated rings. The van der Waals surface area contributed by atoms with E-state index in [1.165, 1.54) is 19.6 Å². The first-order valence-corrected chi connectivity index (χ1v) is 23.6. The highest BCUT2D eigenvalue weighted by molar-refractivity contribution is 6.66. The molecular formula is C55H88ClNO10. The predicted molar refractivity (Wildman–Crippen MR) is 274 cm³/mol. The van der Waals surface area contributed by atoms with Gasteiger partial charge in [-0.3, -0.25) is 24.0 Å². The van der Waals surface area contributed by atoms with E-state index in [4.69, 9.17) is 30.9 Å². The Morgan fingerprint density at radius 2 is 0.925 bits per heavy atom. The van der Waals surface area contributed by atoms with Crippen molar-refractivity contribution >= 4 is 46.3 Å². The third-order valence-electron chi connectivity index (χ3n) is 12.4. The average Bonchev–Trinajstić information content (AvgIpc) is 3.30. The number of rotatable bonds is 26. The number of esters is 3. The second-order valence-corrected chi connectivity index (χ2v) is 18.6. The van der Waals surface area contributed by atoms with Crippen LogP contribution in [0.15, 0.2) is 86.0 Å². The Labute approximate surface area is 410 Å². The van der Waals surface area contributed by atoms with Gasteiger partial charge in [-0.2, -0.15) is 0 Å². The monoisotopic (exact) mass is 958 g/mol. The van der Waals surface area contributed by atoms with Crippen LogP contribution in [0.25, 0.3) is 0 Å². The Bertz CT molecular complexity index is 1750. The van der Waals surface area contributed by atoms with E-state index in [2.05, 4.69) is 51.0 Å². The van der Waals surface area contributed by atoms with Gasteiger partial charge in [0, 0.05) is 16.9 Å². The Hall–Kier alpha value is -4.45. The number of ether oxygens (including phenoxy) is 3. The molecule has 0 aliphatic carbocycles. The van der Waals surface area contributed by atoms with E-state index in [1.54, 1.807) is 13.8 Å². The Morgan fingerprint density at radius 1 is 0.597 bits per heavy atom. The van der Waals surface area contributed by atoms with Crippen molar-refractivity contribution in [3.05, 3.63) is 97.1 Å². The third kappa shape index (κ3) is 26.6. The molecule has 0 radical (unpaired) electrons. The SMILES string of the molecule is C.C=CC(=O)Cl.C=CC(=O)OCCOC(=O)C(C)(C)CC(CC(C)(CC)C(C)=O)c1ccccc1.CCC(C)(CC(CC(C)(C)C(=O)OCCO)c1ccccc1)C(C)=O.CCN(CC)CC. The van der Waals surface area contributed by atoms with Crippen molar-refractivity contribution in [1.29, 1.82) is 0 Å². The minimum Gasteiger partial charge on any atom is -0.463 e. The number of aliphatic hydroxyl groups is 1. The van der Waals surface area contributed by atoms with Gasteiger partial charge in [0.05, 0.1) is 17.4 Å². The molecule has 0 saturated heterocycles. The number of halogens is 1. The number of benzene rings is 2. The van der Waals surface area contributed by atoms with Gasteiger partial charge in [0.2, 0.25) is 5.24 Å². The normalized spacial score (nSPS) is 13.5. The molecule has 0 aliphatic heterocycles. The summed E-state index contributed by atoms with van der Waals surface area (Å²) in [7, 11) is 0. The van der Waals surface area contributed by atoms with Crippen molar-refractivity contribution in [2.24, 2.45) is 21.7 Å². The molecule has 2 rings (SSSR count). The van der Waals surface area contributed by atoms with Crippen LogP contribution in [0.1, 0.15) is 159 Å². The van der Waals surface area contributed by atoms with Crippen LogP contribution in [0.2, 0.25) is 0 Å². The smallest absolute Gasteiger partial charge is 0.330 e. The molecule has 0 spiro atoms. The molecule has 2 aromatic carbocycles. The minimum atomic E-state index is -0.756. The van der Waals surface area contributed by atoms with Gasteiger partial charge in [0.15, 0.2) is 0 Å². The molecule has 4 unspecified atom stereocenters. The van der Waals surface area contributed by atoms with Crippen molar-refractivity contribution in [3.63, 3.8) is 0 Å². The summed E-state index contributed by atoms with van der Waals surface area (Å²) in [4.78, 5) is 72.4. The van der Waals surface area contributed by atoms with Crippen molar-refractivity contribution < 1.29 is 48.1 Å². The maximum atomic E-state index is 12.7. The first kappa shape index (κ1) is 66.8. The highest BCUT2D eigenvalue weighted by Crippen LogP contribution is 2.43. The van der Waals surface area contributed by atoms with Gasteiger partial charge in [-0.25, -0.2) is 4.79 Å². The van der Waals surface area contributed by atoms with Crippen molar-refractivity contribution in [2.45, 2.75) is 148 Å². The molecule has 0 saturated carbocycles. The summed E-state index contributed by atoms with van der Waals surface area (Å²) in [6, 6.07) is 20.0. The number of aliphatic hydroxyl groups excluding tert-OH is 1. The van der Waals surface area contributed by atoms with Crippen LogP contribution in [-0.2, 0) is 43.0 Å². The number of hydrogen-bond acceptors (Lipinski definition) is 11. The fraction of sp³-hybridized carbons (Fsp3) is 0.600. The van der Waals surface area contributed by atoms with Crippen LogP contribution in [0.5, 0.6) is 0 Å². The number of hydrogen-bond donors (Lipinski definition) is 1. The molecule has 0 bridgehead atoms. The van der Waals surface area contributed by atoms with Gasteiger partial charge in [0.25, 0.3) is 0 Å². The van der Waals surface area contributed by atoms with Gasteiger partial charge < -0.3 is 24.2 Å². The largest absolute Gasteiger partial charge is 0.463 e. The molecule has 0 aliphatic rings. The highest BCUT2D eigenvalue weighted by atomic mass is 35.5. The summed E-state index contributed by atoms with van der Waals surface area (Å²) < 4.78 is 15.3. The van der Waals surface area contributed by atoms with Crippen LogP contribution in [-0.4, -0.2) is 90.8 Å². The Kier molecular flexibility index (Phi) is 34.7. The van der Waals surface area contributed by atoms with Crippen molar-refractivity contribution in [2.75, 3.05) is 46.1 Å². The number of carbonyl (C=O) groups excluding carboxylic acids is 6. The fourth-order valence-corrected chi connectivity index (χ4v) is 7.16. The highest BCUT2D eigenvalue weighted by Gasteiger charge is 2.39. The summed E-state index contributed by atoms with van der Waals surface area (Å²) in [5.41, 5.74) is -0.0683. The lowest BCUT2D eigenvalue weighted by molar-refractivity contribution is -0.158. The van der Waals surface area contributed by atoms with E-state index in [9.17, 15) is 28.8 Å². The summed E-state index contributed by atoms with van der Waals surface area (Å²) in [6.07, 6.45) is 6.11. The molecule has 0 heterocycles. The standard InChI is InChI=1S/C24H34O5.C21H32O4.C6H15N.C3H3ClO.CH4/c1-7-21(26)28-14-15-29-22(27)23(4,5)16-20(19-12-10-9-11-13-19)17-24(6,8-2)18(3)25;1-6-21(5,16(2)23)15-18(17-10-8-7-9-11-17)14-20(3,4)19(24)25-13-12-22;1-4-7(5-2)6-3;1-2-3(4)5;/h7,9-13,20H,1,8,14-17H2,2-6H3;7-11,18,22H,6,12-15H2,1-5H3;4-6H2,1-3H3;2H,1H2;1H4. The maximum Gasteiger partial charge on any atom is 0.330 e. The zero-order valence-electron chi connectivity index (χ0n) is 42.6. The van der Waals surface area contributed by atoms with Crippen LogP contribution >= 0.6 is 11.6 Å². The quantitative estimate of drug-likeness (QED) is 0.0315. The lowest BCUT2D eigenvalue weighted by Crippen LogP contribution is -2.33. The molecule has 12 heteroatoms. The van der Waals surface area contributed by atoms with Gasteiger partial charge >= 0.3 is 17.9 Å². The van der Waals surface area contributed by atoms with E-state index in [1.807, 2.05) is 104 Å². The lowest BCUT2D eigenvalue weighted by atomic mass is 9.69. The summed E-state index contributed by atoms with van der Waals surface area (Å²) >= 11 is 4.71. The second-order valence-electron chi connectivity index (χ2n) is 18.2. The summed E-state index contributed by atoms with van der Waals surface area (Å²) in [5, 5.41) is 8.36. The summed E-state index contributed by atoms with van der Waals surface area (Å²) in [5.74, 6) is -0.773. The van der Waals surface area contributed by atoms with Crippen molar-refractivity contribution in [3.8, 4) is 0 Å². The Morgan fingerprint density at radius 3 is 1.18 bits per heavy atom. The molecule has 380 valence electrons. The average molecular weight is 959 g/mol. The number of Topliss-reactive ketones (excluding diaryl/α,β-unsaturated/α-hetero) is 2. The fourth-order valence-electron chi connectivity index (χ4n) is 7.16. The number of ketones is 2. The molecule has 67 heavy (non-hydrogen) atoms. The molecule has 4 atom stereocenters. The first-order chi connectivity index (χ1) is 30.8. The number of allylic oxidation sites excluding steroid dienone is 1. The van der Waals surface area contributed by atoms with E-state index >= 15 is 0 Å². The molecule has 0 aromatic heterocycles. The van der Waals surface area contributed by atoms with E-state index in [-0.39, 0.29) is 69.2 Å². The van der Waals surface area contributed by atoms with E-state index in [0.29, 0.717) is 25.7 Å². The zero-order chi connectivity index (χ0) is 51.1. The molecule has 0 amide bonds. The van der Waals surface area contributed by atoms with Gasteiger partial charge in [-0.15, -0.1) is 0 Å². The lowest BCUT2D eigenvalue weighted by Gasteiger charge is -2.34. The molecule has 1 N–H and O–H groups in total. The molecular weight excluding hydrogens is 870 g/mol. The number of nitrogens with zero attached hydrogens (tertiary/aromatic N) is 1.